The number of esters is 1. The van der Waals surface area contributed by atoms with Crippen LogP contribution in [0.5, 0.6) is 0 Å². The summed E-state index contributed by atoms with van der Waals surface area (Å²) in [4.78, 5) is 119. The van der Waals surface area contributed by atoms with E-state index >= 15 is 0 Å². The normalized spacial score (nSPS) is 33.3. The number of Topliss-reactive ketones (excluding diaryl/α,β-unsaturated/α-hetero) is 4. The minimum absolute atomic E-state index is 0.00101. The Labute approximate surface area is 527 Å². The van der Waals surface area contributed by atoms with Crippen LogP contribution in [0.3, 0.4) is 0 Å². The molecule has 0 unspecified atom stereocenters. The molecule has 90 heavy (non-hydrogen) atoms. The maximum absolute atomic E-state index is 14.6. The molecule has 1 aliphatic carbocycles. The van der Waals surface area contributed by atoms with Crippen LogP contribution in [0.25, 0.3) is 0 Å². The minimum Gasteiger partial charge on any atom is -0.459 e. The Kier molecular flexibility index (Phi) is 25.4. The summed E-state index contributed by atoms with van der Waals surface area (Å²) in [5.74, 6) is -8.40. The molecule has 25 nitrogen and oxygen atoms in total. The number of nitrogens with one attached hydrogen (secondary N) is 1. The lowest BCUT2D eigenvalue weighted by Crippen LogP contribution is -2.61. The number of cyclic esters (lactones) is 1. The highest BCUT2D eigenvalue weighted by atomic mass is 16.6. The van der Waals surface area contributed by atoms with E-state index in [2.05, 4.69) is 25.3 Å². The predicted molar refractivity (Wildman–Crippen MR) is 333 cm³/mol. The number of piperidine rings is 1. The zero-order chi connectivity index (χ0) is 65.6. The fraction of sp³-hybridized carbons (Fsp3) is 0.646. The third-order valence-corrected chi connectivity index (χ3v) is 18.4. The number of aromatic nitrogens is 4. The summed E-state index contributed by atoms with van der Waals surface area (Å²) < 4.78 is 30.0. The number of ketones is 4. The minimum atomic E-state index is -2.51. The number of ether oxygens (including phenoxy) is 5. The van der Waals surface area contributed by atoms with Gasteiger partial charge in [0.25, 0.3) is 11.7 Å². The smallest absolute Gasteiger partial charge is 0.407 e. The maximum Gasteiger partial charge on any atom is 0.407 e. The highest BCUT2D eigenvalue weighted by Gasteiger charge is 2.53. The number of alkyl carbamates (subject to hydrolysis) is 1. The molecule has 0 spiro atoms. The van der Waals surface area contributed by atoms with Crippen molar-refractivity contribution in [3.05, 3.63) is 77.3 Å². The molecule has 3 saturated heterocycles. The number of aliphatic hydroxyl groups is 3. The topological polar surface area (TPSA) is 352 Å². The lowest BCUT2D eigenvalue weighted by molar-refractivity contribution is -0.265. The Balaban J connectivity index is 1.02. The lowest BCUT2D eigenvalue weighted by atomic mass is 9.80. The molecule has 2 amide bonds. The molecule has 1 saturated carbocycles. The number of methoxy groups -OCH3 is 2. The third kappa shape index (κ3) is 18.2. The Hall–Kier alpha value is -6.87. The van der Waals surface area contributed by atoms with E-state index in [1.54, 1.807) is 40.3 Å². The van der Waals surface area contributed by atoms with Gasteiger partial charge in [0.05, 0.1) is 23.9 Å². The van der Waals surface area contributed by atoms with Gasteiger partial charge in [0.2, 0.25) is 17.7 Å². The van der Waals surface area contributed by atoms with Crippen LogP contribution in [0.1, 0.15) is 141 Å². The average molecular weight is 1260 g/mol. The van der Waals surface area contributed by atoms with Gasteiger partial charge in [0.1, 0.15) is 42.1 Å². The Morgan fingerprint density at radius 2 is 1.50 bits per heavy atom. The van der Waals surface area contributed by atoms with Crippen molar-refractivity contribution in [2.45, 2.75) is 193 Å². The highest BCUT2D eigenvalue weighted by molar-refractivity contribution is 6.39. The van der Waals surface area contributed by atoms with Gasteiger partial charge >= 0.3 is 12.1 Å². The standard InChI is InChI=1S/C65H94N10O15/c1-37-15-11-10-12-16-38(2)52(86-8)31-46-20-18-42(6)65(85,90-46)58(81)60(82)75-22-14-13-17-49(75)61(83)88-53(32-50(77)39(3)28-41(5)56(79)57(80)55(78)40(4)27-37)48(66)29-44-19-21-51(54(30-44)87-9)89-64(84)71-35-45-33-68-62(69-34-45)73-23-25-74(26-24-73)63-70-36-47(43(7)76)59(67)72-63/h10-12,15-16,28,33-34,36-37,39-40,42,44,46,48-49,51-54,56-57,79-80,85H,13-14,17-27,29-32,35,66H2,1-9H3,(H,71,84)(H2,67,70,72)/b12-10+,15-11+,38-16+,41-28+/t37-,39-,40-,42-,44+,46+,48-,49+,51-,52+,53+,54-,56-,57+,65-/m1/s1. The summed E-state index contributed by atoms with van der Waals surface area (Å²) >= 11 is 0. The number of aliphatic hydroxyl groups excluding tert-OH is 2. The number of anilines is 3. The van der Waals surface area contributed by atoms with Crippen LogP contribution in [-0.2, 0) is 54.2 Å². The molecular formula is C65H94N10O15. The number of nitrogens with zero attached hydrogens (tertiary/aromatic N) is 7. The fourth-order valence-electron chi connectivity index (χ4n) is 12.7. The molecule has 2 aromatic rings. The molecule has 0 radical (unpaired) electrons. The van der Waals surface area contributed by atoms with E-state index < -0.39 is 120 Å². The van der Waals surface area contributed by atoms with Crippen LogP contribution in [0, 0.1) is 29.6 Å². The molecule has 6 heterocycles. The van der Waals surface area contributed by atoms with E-state index in [9.17, 15) is 48.9 Å². The summed E-state index contributed by atoms with van der Waals surface area (Å²) in [6.45, 7) is 14.0. The Morgan fingerprint density at radius 3 is 2.17 bits per heavy atom. The van der Waals surface area contributed by atoms with Crippen LogP contribution < -0.4 is 26.6 Å². The molecule has 494 valence electrons. The average Bonchev–Trinajstić information content (AvgIpc) is 0.937. The summed E-state index contributed by atoms with van der Waals surface area (Å²) in [6, 6.07) is -2.24. The number of piperazine rings is 1. The quantitative estimate of drug-likeness (QED) is 0.0758. The van der Waals surface area contributed by atoms with E-state index in [1.165, 1.54) is 33.2 Å². The summed E-state index contributed by atoms with van der Waals surface area (Å²) in [7, 11) is 3.06. The van der Waals surface area contributed by atoms with Crippen molar-refractivity contribution in [1.29, 1.82) is 0 Å². The first kappa shape index (κ1) is 70.6. The van der Waals surface area contributed by atoms with Crippen LogP contribution in [-0.4, -0.2) is 189 Å². The van der Waals surface area contributed by atoms with Gasteiger partial charge in [-0.25, -0.2) is 24.5 Å². The zero-order valence-electron chi connectivity index (χ0n) is 53.5. The van der Waals surface area contributed by atoms with Crippen molar-refractivity contribution in [2.75, 3.05) is 62.5 Å². The summed E-state index contributed by atoms with van der Waals surface area (Å²) in [5, 5.41) is 37.3. The highest BCUT2D eigenvalue weighted by Crippen LogP contribution is 2.38. The molecule has 7 rings (SSSR count). The molecular weight excluding hydrogens is 1160 g/mol. The first-order valence-electron chi connectivity index (χ1n) is 31.6. The maximum atomic E-state index is 14.6. The van der Waals surface area contributed by atoms with Gasteiger partial charge in [-0.2, -0.15) is 4.98 Å². The molecule has 0 aromatic carbocycles. The number of nitrogens with two attached hydrogens (primary N) is 2. The van der Waals surface area contributed by atoms with Gasteiger partial charge in [0.15, 0.2) is 11.6 Å². The first-order valence-corrected chi connectivity index (χ1v) is 31.6. The van der Waals surface area contributed by atoms with Gasteiger partial charge < -0.3 is 70.5 Å². The third-order valence-electron chi connectivity index (χ3n) is 18.4. The summed E-state index contributed by atoms with van der Waals surface area (Å²) in [5.41, 5.74) is 14.9. The number of amides is 2. The fourth-order valence-corrected chi connectivity index (χ4v) is 12.7. The number of fused-ring (bicyclic) bond motifs is 3. The van der Waals surface area contributed by atoms with Gasteiger partial charge in [0, 0.05) is 114 Å². The first-order chi connectivity index (χ1) is 42.8. The molecule has 4 aliphatic heterocycles. The van der Waals surface area contributed by atoms with Crippen molar-refractivity contribution in [3.8, 4) is 0 Å². The van der Waals surface area contributed by atoms with Crippen molar-refractivity contribution in [1.82, 2.24) is 30.2 Å². The molecule has 2 bridgehead atoms. The number of carbonyl (C=O) groups is 7. The molecule has 5 aliphatic rings. The number of carbonyl (C=O) groups excluding carboxylic acids is 7. The van der Waals surface area contributed by atoms with E-state index in [-0.39, 0.29) is 66.9 Å². The second kappa shape index (κ2) is 32.4. The van der Waals surface area contributed by atoms with E-state index in [1.807, 2.05) is 54.0 Å². The van der Waals surface area contributed by atoms with E-state index in [0.717, 1.165) is 10.5 Å². The van der Waals surface area contributed by atoms with Crippen LogP contribution in [0.2, 0.25) is 0 Å². The number of nitrogen functional groups attached to an aromatic ring is 1. The van der Waals surface area contributed by atoms with Crippen molar-refractivity contribution in [2.24, 2.45) is 35.3 Å². The van der Waals surface area contributed by atoms with Gasteiger partial charge in [-0.15, -0.1) is 0 Å². The summed E-state index contributed by atoms with van der Waals surface area (Å²) in [6.07, 6.45) is 11.5. The SMILES string of the molecule is CO[C@H]1C[C@@H]2CC[C@@H](C)[C@@](O)(O2)C(=O)C(=O)N2CCCC[C@H]2C(=O)O[C@H]([C@H](N)C[C@@H]2CC[C@@H](OC(=O)NCc3cnc(N4CCN(c5ncc(C(C)=O)c(N)n5)CC4)nc3)[C@H](OC)C2)CC(=O)[C@H](C)/C=C(\C)[C@@H](O)[C@@H](O)C(=O)[C@H](C)C[C@H](C)/C=C/C=C/C=C/1C. The lowest BCUT2D eigenvalue weighted by Gasteiger charge is -2.42. The van der Waals surface area contributed by atoms with Crippen LogP contribution in [0.15, 0.2) is 66.2 Å². The molecule has 8 N–H and O–H groups in total. The van der Waals surface area contributed by atoms with Crippen molar-refractivity contribution < 1.29 is 72.6 Å². The molecule has 15 atom stereocenters. The van der Waals surface area contributed by atoms with E-state index in [0.29, 0.717) is 95.0 Å². The van der Waals surface area contributed by atoms with Crippen molar-refractivity contribution in [3.63, 3.8) is 0 Å². The van der Waals surface area contributed by atoms with Gasteiger partial charge in [-0.1, -0.05) is 64.2 Å². The largest absolute Gasteiger partial charge is 0.459 e. The van der Waals surface area contributed by atoms with Crippen LogP contribution >= 0.6 is 0 Å². The van der Waals surface area contributed by atoms with Gasteiger partial charge in [-0.3, -0.25) is 24.0 Å². The zero-order valence-corrected chi connectivity index (χ0v) is 53.5. The number of rotatable bonds is 11. The van der Waals surface area contributed by atoms with Gasteiger partial charge in [-0.05, 0) is 108 Å². The van der Waals surface area contributed by atoms with E-state index in [4.69, 9.17) is 35.2 Å². The molecule has 4 fully saturated rings. The predicted octanol–water partition coefficient (Wildman–Crippen LogP) is 4.84. The number of hydrogen-bond donors (Lipinski definition) is 6. The number of hydrogen-bond acceptors (Lipinski definition) is 23. The molecule has 25 heteroatoms. The van der Waals surface area contributed by atoms with Crippen LogP contribution in [0.4, 0.5) is 22.5 Å². The second-order valence-corrected chi connectivity index (χ2v) is 25.2. The van der Waals surface area contributed by atoms with Crippen molar-refractivity contribution >= 4 is 58.8 Å². The Morgan fingerprint density at radius 1 is 0.811 bits per heavy atom. The monoisotopic (exact) mass is 1250 g/mol. The number of allylic oxidation sites excluding steroid dienone is 6. The Bertz CT molecular complexity index is 2970. The molecule has 2 aromatic heterocycles. The second-order valence-electron chi connectivity index (χ2n) is 25.2.